The number of rotatable bonds is 6. The summed E-state index contributed by atoms with van der Waals surface area (Å²) in [7, 11) is -3.69. The first kappa shape index (κ1) is 24.5. The van der Waals surface area contributed by atoms with E-state index in [0.717, 1.165) is 13.1 Å². The van der Waals surface area contributed by atoms with Crippen molar-refractivity contribution in [3.8, 4) is 11.4 Å². The molecule has 3 aromatic rings. The third-order valence-electron chi connectivity index (χ3n) is 7.02. The molecule has 3 heterocycles. The number of benzene rings is 2. The number of para-hydroxylation sites is 1. The molecule has 0 N–H and O–H groups in total. The van der Waals surface area contributed by atoms with Crippen LogP contribution in [0.15, 0.2) is 64.0 Å². The molecule has 5 rings (SSSR count). The van der Waals surface area contributed by atoms with Gasteiger partial charge in [-0.05, 0) is 37.1 Å². The molecule has 36 heavy (non-hydrogen) atoms. The first-order valence-electron chi connectivity index (χ1n) is 12.5. The molecule has 1 amide bonds. The Kier molecular flexibility index (Phi) is 7.06. The molecule has 2 fully saturated rings. The lowest BCUT2D eigenvalue weighted by atomic mass is 9.96. The first-order valence-corrected chi connectivity index (χ1v) is 13.9. The molecule has 2 aliphatic heterocycles. The number of anilines is 1. The van der Waals surface area contributed by atoms with Gasteiger partial charge in [0.1, 0.15) is 0 Å². The van der Waals surface area contributed by atoms with Crippen LogP contribution in [-0.4, -0.2) is 72.9 Å². The minimum Gasteiger partial charge on any atom is -0.368 e. The summed E-state index contributed by atoms with van der Waals surface area (Å²) in [6, 6.07) is 16.9. The van der Waals surface area contributed by atoms with E-state index in [1.165, 1.54) is 9.99 Å². The Morgan fingerprint density at radius 3 is 2.36 bits per heavy atom. The van der Waals surface area contributed by atoms with E-state index in [1.54, 1.807) is 24.3 Å². The van der Waals surface area contributed by atoms with Crippen molar-refractivity contribution in [1.29, 1.82) is 0 Å². The van der Waals surface area contributed by atoms with Crippen molar-refractivity contribution in [2.45, 2.75) is 31.1 Å². The van der Waals surface area contributed by atoms with Gasteiger partial charge in [0.05, 0.1) is 4.90 Å². The van der Waals surface area contributed by atoms with E-state index in [-0.39, 0.29) is 16.7 Å². The zero-order chi connectivity index (χ0) is 25.1. The van der Waals surface area contributed by atoms with Crippen molar-refractivity contribution < 1.29 is 17.7 Å². The first-order chi connectivity index (χ1) is 17.5. The van der Waals surface area contributed by atoms with Gasteiger partial charge in [0.15, 0.2) is 0 Å². The van der Waals surface area contributed by atoms with Gasteiger partial charge in [0, 0.05) is 62.9 Å². The number of hydrogen-bond donors (Lipinski definition) is 0. The zero-order valence-electron chi connectivity index (χ0n) is 20.4. The van der Waals surface area contributed by atoms with Crippen molar-refractivity contribution in [2.75, 3.05) is 44.2 Å². The molecule has 190 valence electrons. The summed E-state index contributed by atoms with van der Waals surface area (Å²) in [5.74, 6) is 0.885. The van der Waals surface area contributed by atoms with E-state index in [0.29, 0.717) is 62.7 Å². The number of amides is 1. The lowest BCUT2D eigenvalue weighted by molar-refractivity contribution is -0.137. The fourth-order valence-corrected chi connectivity index (χ4v) is 6.40. The van der Waals surface area contributed by atoms with Crippen LogP contribution in [0.25, 0.3) is 11.4 Å². The minimum atomic E-state index is -3.69. The molecule has 0 spiro atoms. The number of carbonyl (C=O) groups is 1. The molecule has 0 radical (unpaired) electrons. The highest BCUT2D eigenvalue weighted by atomic mass is 32.2. The minimum absolute atomic E-state index is 0.141. The molecule has 9 nitrogen and oxygen atoms in total. The van der Waals surface area contributed by atoms with Crippen molar-refractivity contribution in [2.24, 2.45) is 5.92 Å². The van der Waals surface area contributed by atoms with Crippen LogP contribution in [0.2, 0.25) is 0 Å². The van der Waals surface area contributed by atoms with Crippen LogP contribution in [0.1, 0.15) is 25.7 Å². The maximum Gasteiger partial charge on any atom is 0.243 e. The summed E-state index contributed by atoms with van der Waals surface area (Å²) >= 11 is 0. The molecule has 10 heteroatoms. The van der Waals surface area contributed by atoms with E-state index in [4.69, 9.17) is 4.52 Å². The Hall–Kier alpha value is -3.24. The van der Waals surface area contributed by atoms with Gasteiger partial charge >= 0.3 is 0 Å². The molecule has 0 atom stereocenters. The van der Waals surface area contributed by atoms with Crippen LogP contribution in [0.4, 0.5) is 5.69 Å². The summed E-state index contributed by atoms with van der Waals surface area (Å²) in [6.45, 7) is 5.56. The van der Waals surface area contributed by atoms with Gasteiger partial charge in [-0.25, -0.2) is 8.42 Å². The Labute approximate surface area is 211 Å². The van der Waals surface area contributed by atoms with E-state index >= 15 is 0 Å². The molecule has 0 aliphatic carbocycles. The van der Waals surface area contributed by atoms with Crippen LogP contribution in [0.3, 0.4) is 0 Å². The molecule has 0 bridgehead atoms. The van der Waals surface area contributed by atoms with Crippen molar-refractivity contribution in [3.63, 3.8) is 0 Å². The number of aromatic nitrogens is 2. The number of sulfonamides is 1. The van der Waals surface area contributed by atoms with Crippen LogP contribution < -0.4 is 4.90 Å². The standard InChI is InChI=1S/C26H31N5O4S/c1-2-24-27-25(28-35-24)21-7-6-10-23(19-21)36(33,34)31-13-11-20(12-14-31)26(32)30-17-15-29(16-18-30)22-8-4-3-5-9-22/h3-10,19-20H,2,11-18H2,1H3. The van der Waals surface area contributed by atoms with Crippen LogP contribution >= 0.6 is 0 Å². The van der Waals surface area contributed by atoms with Gasteiger partial charge in [0.25, 0.3) is 0 Å². The molecule has 2 aliphatic rings. The number of carbonyl (C=O) groups excluding carboxylic acids is 1. The second kappa shape index (κ2) is 10.4. The Morgan fingerprint density at radius 1 is 0.972 bits per heavy atom. The second-order valence-corrected chi connectivity index (χ2v) is 11.2. The molecule has 1 aromatic heterocycles. The summed E-state index contributed by atoms with van der Waals surface area (Å²) in [4.78, 5) is 21.9. The third kappa shape index (κ3) is 5.01. The average molecular weight is 510 g/mol. The average Bonchev–Trinajstić information content (AvgIpc) is 3.43. The number of piperazine rings is 1. The number of piperidine rings is 1. The van der Waals surface area contributed by atoms with Gasteiger partial charge in [-0.1, -0.05) is 42.4 Å². The van der Waals surface area contributed by atoms with Gasteiger partial charge in [0.2, 0.25) is 27.6 Å². The lowest BCUT2D eigenvalue weighted by Gasteiger charge is -2.39. The summed E-state index contributed by atoms with van der Waals surface area (Å²) in [5.41, 5.74) is 1.77. The fraction of sp³-hybridized carbons (Fsp3) is 0.423. The predicted molar refractivity (Wildman–Crippen MR) is 136 cm³/mol. The third-order valence-corrected chi connectivity index (χ3v) is 8.91. The summed E-state index contributed by atoms with van der Waals surface area (Å²) < 4.78 is 33.3. The number of hydrogen-bond acceptors (Lipinski definition) is 7. The Bertz CT molecular complexity index is 1290. The molecule has 0 saturated carbocycles. The van der Waals surface area contributed by atoms with Crippen LogP contribution in [0, 0.1) is 5.92 Å². The van der Waals surface area contributed by atoms with E-state index in [2.05, 4.69) is 27.2 Å². The lowest BCUT2D eigenvalue weighted by Crippen LogP contribution is -2.52. The van der Waals surface area contributed by atoms with Crippen molar-refractivity contribution in [3.05, 3.63) is 60.5 Å². The van der Waals surface area contributed by atoms with E-state index in [9.17, 15) is 13.2 Å². The maximum absolute atomic E-state index is 13.3. The number of nitrogens with zero attached hydrogens (tertiary/aromatic N) is 5. The highest BCUT2D eigenvalue weighted by molar-refractivity contribution is 7.89. The SMILES string of the molecule is CCc1nc(-c2cccc(S(=O)(=O)N3CCC(C(=O)N4CCN(c5ccccc5)CC4)CC3)c2)no1. The highest BCUT2D eigenvalue weighted by Gasteiger charge is 2.35. The molecular formula is C26H31N5O4S. The van der Waals surface area contributed by atoms with Crippen LogP contribution in [-0.2, 0) is 21.2 Å². The van der Waals surface area contributed by atoms with Crippen molar-refractivity contribution >= 4 is 21.6 Å². The quantitative estimate of drug-likeness (QED) is 0.504. The van der Waals surface area contributed by atoms with Gasteiger partial charge in [-0.3, -0.25) is 4.79 Å². The highest BCUT2D eigenvalue weighted by Crippen LogP contribution is 2.28. The largest absolute Gasteiger partial charge is 0.368 e. The second-order valence-electron chi connectivity index (χ2n) is 9.22. The van der Waals surface area contributed by atoms with Gasteiger partial charge in [-0.2, -0.15) is 9.29 Å². The number of aryl methyl sites for hydroxylation is 1. The zero-order valence-corrected chi connectivity index (χ0v) is 21.2. The topological polar surface area (TPSA) is 99.8 Å². The molecular weight excluding hydrogens is 478 g/mol. The monoisotopic (exact) mass is 509 g/mol. The Balaban J connectivity index is 1.18. The smallest absolute Gasteiger partial charge is 0.243 e. The predicted octanol–water partition coefficient (Wildman–Crippen LogP) is 3.05. The normalized spacial score (nSPS) is 17.9. The van der Waals surface area contributed by atoms with Crippen LogP contribution in [0.5, 0.6) is 0 Å². The molecule has 2 saturated heterocycles. The Morgan fingerprint density at radius 2 is 1.69 bits per heavy atom. The maximum atomic E-state index is 13.3. The van der Waals surface area contributed by atoms with Crippen molar-refractivity contribution in [1.82, 2.24) is 19.3 Å². The summed E-state index contributed by atoms with van der Waals surface area (Å²) in [6.07, 6.45) is 1.67. The van der Waals surface area contributed by atoms with E-state index in [1.807, 2.05) is 30.0 Å². The molecule has 2 aromatic carbocycles. The summed E-state index contributed by atoms with van der Waals surface area (Å²) in [5, 5.41) is 3.95. The van der Waals surface area contributed by atoms with Gasteiger partial charge in [-0.15, -0.1) is 0 Å². The fourth-order valence-electron chi connectivity index (χ4n) is 4.89. The van der Waals surface area contributed by atoms with E-state index < -0.39 is 10.0 Å². The van der Waals surface area contributed by atoms with Gasteiger partial charge < -0.3 is 14.3 Å². The molecule has 0 unspecified atom stereocenters.